The van der Waals surface area contributed by atoms with E-state index in [9.17, 15) is 0 Å². The molecule has 15 heavy (non-hydrogen) atoms. The minimum absolute atomic E-state index is 0.0720. The highest BCUT2D eigenvalue weighted by atomic mass is 31.2. The maximum absolute atomic E-state index is 8.85. The van der Waals surface area contributed by atoms with Gasteiger partial charge in [-0.3, -0.25) is 0 Å². The first-order valence-corrected chi connectivity index (χ1v) is 6.27. The summed E-state index contributed by atoms with van der Waals surface area (Å²) in [5.74, 6) is 2.07. The van der Waals surface area contributed by atoms with E-state index in [4.69, 9.17) is 14.3 Å². The molecule has 0 radical (unpaired) electrons. The lowest BCUT2D eigenvalue weighted by Gasteiger charge is -2.22. The third-order valence-electron chi connectivity index (χ3n) is 1.31. The van der Waals surface area contributed by atoms with Gasteiger partial charge in [-0.2, -0.15) is 5.26 Å². The van der Waals surface area contributed by atoms with Gasteiger partial charge >= 0.3 is 0 Å². The van der Waals surface area contributed by atoms with Crippen LogP contribution in [0, 0.1) is 21.9 Å². The average Bonchev–Trinajstić information content (AvgIpc) is 2.00. The zero-order valence-corrected chi connectivity index (χ0v) is 11.5. The summed E-state index contributed by atoms with van der Waals surface area (Å²) in [5, 5.41) is 8.85. The van der Waals surface area contributed by atoms with Crippen molar-refractivity contribution in [3.8, 4) is 5.81 Å². The van der Waals surface area contributed by atoms with Crippen LogP contribution in [0.25, 0.3) is 0 Å². The van der Waals surface area contributed by atoms with E-state index in [-0.39, 0.29) is 10.8 Å². The smallest absolute Gasteiger partial charge is 0.285 e. The third-order valence-corrected chi connectivity index (χ3v) is 2.20. The first-order valence-electron chi connectivity index (χ1n) is 5.10. The lowest BCUT2D eigenvalue weighted by Crippen LogP contribution is -2.15. The Balaban J connectivity index is 3.91. The molecular weight excluding hydrogens is 209 g/mol. The Morgan fingerprint density at radius 2 is 1.27 bits per heavy atom. The van der Waals surface area contributed by atoms with Crippen LogP contribution in [-0.4, -0.2) is 13.2 Å². The Bertz CT molecular complexity index is 204. The number of nitriles is 1. The highest BCUT2D eigenvalue weighted by Gasteiger charge is 2.19. The lowest BCUT2D eigenvalue weighted by atomic mass is 9.99. The van der Waals surface area contributed by atoms with Crippen LogP contribution in [0.4, 0.5) is 0 Å². The van der Waals surface area contributed by atoms with Gasteiger partial charge in [0.15, 0.2) is 0 Å². The Kier molecular flexibility index (Phi) is 5.73. The molecule has 0 N–H and O–H groups in total. The van der Waals surface area contributed by atoms with Crippen LogP contribution in [0.5, 0.6) is 0 Å². The number of hydrogen-bond acceptors (Lipinski definition) is 3. The van der Waals surface area contributed by atoms with E-state index < -0.39 is 8.38 Å². The van der Waals surface area contributed by atoms with Crippen LogP contribution in [-0.2, 0) is 9.05 Å². The molecule has 0 saturated carbocycles. The van der Waals surface area contributed by atoms with Gasteiger partial charge in [-0.25, -0.2) is 0 Å². The summed E-state index contributed by atoms with van der Waals surface area (Å²) in [5.41, 5.74) is 0.144. The molecule has 0 aromatic rings. The van der Waals surface area contributed by atoms with Crippen molar-refractivity contribution in [3.05, 3.63) is 0 Å². The normalized spacial score (nSPS) is 12.9. The second-order valence-electron chi connectivity index (χ2n) is 6.03. The van der Waals surface area contributed by atoms with E-state index >= 15 is 0 Å². The van der Waals surface area contributed by atoms with Crippen molar-refractivity contribution in [2.45, 2.75) is 41.5 Å². The first-order chi connectivity index (χ1) is 6.64. The fourth-order valence-corrected chi connectivity index (χ4v) is 1.80. The summed E-state index contributed by atoms with van der Waals surface area (Å²) >= 11 is 0. The molecule has 0 rings (SSSR count). The maximum atomic E-state index is 8.85. The topological polar surface area (TPSA) is 42.2 Å². The van der Waals surface area contributed by atoms with Gasteiger partial charge in [0.25, 0.3) is 8.38 Å². The summed E-state index contributed by atoms with van der Waals surface area (Å²) in [6.07, 6.45) is 0. The molecule has 0 fully saturated rings. The van der Waals surface area contributed by atoms with Crippen molar-refractivity contribution < 1.29 is 9.05 Å². The Labute approximate surface area is 94.7 Å². The Morgan fingerprint density at radius 1 is 0.933 bits per heavy atom. The van der Waals surface area contributed by atoms with E-state index in [1.165, 1.54) is 0 Å². The number of rotatable bonds is 4. The molecule has 0 heterocycles. The summed E-state index contributed by atoms with van der Waals surface area (Å²) in [7, 11) is -1.38. The predicted octanol–water partition coefficient (Wildman–Crippen LogP) is 3.90. The van der Waals surface area contributed by atoms with Crippen molar-refractivity contribution in [1.29, 1.82) is 5.26 Å². The minimum Gasteiger partial charge on any atom is -0.323 e. The quantitative estimate of drug-likeness (QED) is 0.689. The van der Waals surface area contributed by atoms with Crippen molar-refractivity contribution in [2.24, 2.45) is 10.8 Å². The van der Waals surface area contributed by atoms with Crippen LogP contribution in [0.3, 0.4) is 0 Å². The van der Waals surface area contributed by atoms with Gasteiger partial charge in [0, 0.05) is 0 Å². The van der Waals surface area contributed by atoms with Crippen molar-refractivity contribution in [1.82, 2.24) is 0 Å². The van der Waals surface area contributed by atoms with Gasteiger partial charge in [0.1, 0.15) is 5.81 Å². The Hall–Kier alpha value is -0.160. The average molecular weight is 231 g/mol. The van der Waals surface area contributed by atoms with Crippen molar-refractivity contribution in [3.63, 3.8) is 0 Å². The summed E-state index contributed by atoms with van der Waals surface area (Å²) in [4.78, 5) is 0. The molecule has 0 saturated heterocycles. The molecule has 0 aromatic heterocycles. The molecule has 0 aliphatic heterocycles. The molecule has 4 heteroatoms. The van der Waals surface area contributed by atoms with Crippen LogP contribution < -0.4 is 0 Å². The van der Waals surface area contributed by atoms with Crippen LogP contribution in [0.1, 0.15) is 41.5 Å². The molecule has 88 valence electrons. The SMILES string of the molecule is CC(C)(C)COP(C#N)OCC(C)(C)C. The minimum atomic E-state index is -1.38. The Morgan fingerprint density at radius 3 is 1.47 bits per heavy atom. The number of hydrogen-bond donors (Lipinski definition) is 0. The largest absolute Gasteiger partial charge is 0.323 e. The van der Waals surface area contributed by atoms with Gasteiger partial charge in [-0.1, -0.05) is 41.5 Å². The molecule has 0 aliphatic carbocycles. The zero-order valence-electron chi connectivity index (χ0n) is 10.6. The fraction of sp³-hybridized carbons (Fsp3) is 0.909. The van der Waals surface area contributed by atoms with Crippen LogP contribution in [0.2, 0.25) is 0 Å². The fourth-order valence-electron chi connectivity index (χ4n) is 0.600. The van der Waals surface area contributed by atoms with E-state index in [2.05, 4.69) is 47.4 Å². The summed E-state index contributed by atoms with van der Waals surface area (Å²) in [6, 6.07) is 0. The number of nitrogens with zero attached hydrogens (tertiary/aromatic N) is 1. The zero-order chi connectivity index (χ0) is 12.1. The van der Waals surface area contributed by atoms with Crippen LogP contribution in [0.15, 0.2) is 0 Å². The molecular formula is C11H22NO2P. The van der Waals surface area contributed by atoms with E-state index in [1.54, 1.807) is 0 Å². The molecule has 3 nitrogen and oxygen atoms in total. The highest BCUT2D eigenvalue weighted by molar-refractivity contribution is 7.52. The van der Waals surface area contributed by atoms with Gasteiger partial charge < -0.3 is 9.05 Å². The lowest BCUT2D eigenvalue weighted by molar-refractivity contribution is 0.154. The van der Waals surface area contributed by atoms with E-state index in [0.717, 1.165) is 0 Å². The summed E-state index contributed by atoms with van der Waals surface area (Å²) in [6.45, 7) is 13.5. The predicted molar refractivity (Wildman–Crippen MR) is 63.3 cm³/mol. The molecule has 0 unspecified atom stereocenters. The van der Waals surface area contributed by atoms with Gasteiger partial charge in [0.05, 0.1) is 13.2 Å². The monoisotopic (exact) mass is 231 g/mol. The van der Waals surface area contributed by atoms with Crippen LogP contribution >= 0.6 is 8.38 Å². The first kappa shape index (κ1) is 14.8. The molecule has 0 bridgehead atoms. The van der Waals surface area contributed by atoms with E-state index in [0.29, 0.717) is 13.2 Å². The molecule has 0 spiro atoms. The molecule has 0 amide bonds. The van der Waals surface area contributed by atoms with Gasteiger partial charge in [-0.15, -0.1) is 0 Å². The van der Waals surface area contributed by atoms with Crippen molar-refractivity contribution >= 4 is 8.38 Å². The van der Waals surface area contributed by atoms with Gasteiger partial charge in [-0.05, 0) is 10.8 Å². The second kappa shape index (κ2) is 5.80. The third kappa shape index (κ3) is 10.1. The maximum Gasteiger partial charge on any atom is 0.285 e. The second-order valence-corrected chi connectivity index (χ2v) is 7.26. The van der Waals surface area contributed by atoms with E-state index in [1.807, 2.05) is 0 Å². The molecule has 0 aliphatic rings. The highest BCUT2D eigenvalue weighted by Crippen LogP contribution is 2.40. The molecule has 0 aromatic carbocycles. The van der Waals surface area contributed by atoms with Crippen molar-refractivity contribution in [2.75, 3.05) is 13.2 Å². The molecule has 0 atom stereocenters. The van der Waals surface area contributed by atoms with Gasteiger partial charge in [0.2, 0.25) is 0 Å². The summed E-state index contributed by atoms with van der Waals surface area (Å²) < 4.78 is 10.9. The standard InChI is InChI=1S/C11H22NO2P/c1-10(2,3)7-13-15(9-12)14-8-11(4,5)6/h7-8H2,1-6H3.